The Labute approximate surface area is 202 Å². The van der Waals surface area contributed by atoms with Crippen molar-refractivity contribution in [2.24, 2.45) is 5.73 Å². The highest BCUT2D eigenvalue weighted by Gasteiger charge is 2.38. The third-order valence-electron chi connectivity index (χ3n) is 5.01. The zero-order valence-electron chi connectivity index (χ0n) is 21.8. The number of rotatable bonds is 9. The van der Waals surface area contributed by atoms with Gasteiger partial charge >= 0.3 is 6.09 Å². The van der Waals surface area contributed by atoms with E-state index in [1.165, 1.54) is 4.90 Å². The van der Waals surface area contributed by atoms with Crippen molar-refractivity contribution >= 4 is 23.8 Å². The molecule has 9 heteroatoms. The Morgan fingerprint density at radius 3 is 2.03 bits per heavy atom. The number of aryl methyl sites for hydroxylation is 2. The first kappa shape index (κ1) is 28.9. The summed E-state index contributed by atoms with van der Waals surface area (Å²) < 4.78 is 5.26. The van der Waals surface area contributed by atoms with Gasteiger partial charge in [-0.15, -0.1) is 0 Å². The first-order valence-electron chi connectivity index (χ1n) is 11.5. The predicted molar refractivity (Wildman–Crippen MR) is 131 cm³/mol. The van der Waals surface area contributed by atoms with E-state index >= 15 is 0 Å². The normalized spacial score (nSPS) is 13.3. The molecule has 0 saturated carbocycles. The van der Waals surface area contributed by atoms with Crippen LogP contribution >= 0.6 is 0 Å². The van der Waals surface area contributed by atoms with Crippen LogP contribution in [0.3, 0.4) is 0 Å². The first-order valence-corrected chi connectivity index (χ1v) is 11.5. The molecule has 1 aromatic rings. The number of carbonyl (C=O) groups excluding carboxylic acids is 4. The van der Waals surface area contributed by atoms with Crippen LogP contribution in [0.2, 0.25) is 0 Å². The van der Waals surface area contributed by atoms with Gasteiger partial charge in [0.25, 0.3) is 0 Å². The van der Waals surface area contributed by atoms with E-state index in [0.29, 0.717) is 5.56 Å². The lowest BCUT2D eigenvalue weighted by Crippen LogP contribution is -2.56. The van der Waals surface area contributed by atoms with Crippen molar-refractivity contribution in [3.05, 3.63) is 34.9 Å². The molecular weight excluding hydrogens is 436 g/mol. The van der Waals surface area contributed by atoms with Crippen molar-refractivity contribution in [3.63, 3.8) is 0 Å². The number of hydrogen-bond acceptors (Lipinski definition) is 5. The fourth-order valence-corrected chi connectivity index (χ4v) is 3.45. The number of carbonyl (C=O) groups is 4. The van der Waals surface area contributed by atoms with Crippen molar-refractivity contribution in [2.45, 2.75) is 98.5 Å². The van der Waals surface area contributed by atoms with Crippen LogP contribution in [0.5, 0.6) is 0 Å². The van der Waals surface area contributed by atoms with Crippen LogP contribution in [-0.4, -0.2) is 52.4 Å². The second kappa shape index (κ2) is 11.9. The van der Waals surface area contributed by atoms with Crippen molar-refractivity contribution in [1.29, 1.82) is 0 Å². The van der Waals surface area contributed by atoms with Gasteiger partial charge in [0.15, 0.2) is 0 Å². The molecule has 1 rings (SSSR count). The second-order valence-electron chi connectivity index (χ2n) is 10.1. The van der Waals surface area contributed by atoms with E-state index in [1.54, 1.807) is 40.7 Å². The van der Waals surface area contributed by atoms with E-state index in [4.69, 9.17) is 10.5 Å². The Morgan fingerprint density at radius 2 is 1.59 bits per heavy atom. The number of ether oxygens (including phenoxy) is 1. The lowest BCUT2D eigenvalue weighted by molar-refractivity contribution is -0.145. The first-order chi connectivity index (χ1) is 15.5. The average Bonchev–Trinajstić information content (AvgIpc) is 2.64. The molecule has 0 aromatic heterocycles. The minimum atomic E-state index is -1.30. The van der Waals surface area contributed by atoms with E-state index in [1.807, 2.05) is 39.8 Å². The Hall–Kier alpha value is -3.10. The average molecular weight is 477 g/mol. The topological polar surface area (TPSA) is 131 Å². The van der Waals surface area contributed by atoms with Gasteiger partial charge in [0.1, 0.15) is 17.7 Å². The summed E-state index contributed by atoms with van der Waals surface area (Å²) in [5, 5.41) is 5.34. The lowest BCUT2D eigenvalue weighted by atomic mass is 9.97. The Kier molecular flexibility index (Phi) is 10.1. The maximum Gasteiger partial charge on any atom is 0.408 e. The summed E-state index contributed by atoms with van der Waals surface area (Å²) in [6.45, 7) is 16.1. The molecular formula is C25H40N4O5. The summed E-state index contributed by atoms with van der Waals surface area (Å²) in [5.74, 6) is -1.75. The zero-order valence-corrected chi connectivity index (χ0v) is 21.8. The minimum absolute atomic E-state index is 0.160. The van der Waals surface area contributed by atoms with E-state index in [0.717, 1.165) is 11.1 Å². The summed E-state index contributed by atoms with van der Waals surface area (Å²) in [5.41, 5.74) is 7.22. The molecule has 2 atom stereocenters. The molecule has 0 aliphatic carbocycles. The zero-order chi connectivity index (χ0) is 26.4. The molecule has 0 bridgehead atoms. The van der Waals surface area contributed by atoms with E-state index in [9.17, 15) is 19.2 Å². The fraction of sp³-hybridized carbons (Fsp3) is 0.600. The molecule has 1 aromatic carbocycles. The van der Waals surface area contributed by atoms with Gasteiger partial charge in [-0.2, -0.15) is 0 Å². The number of nitrogens with one attached hydrogen (secondary N) is 2. The lowest BCUT2D eigenvalue weighted by Gasteiger charge is -2.37. The highest BCUT2D eigenvalue weighted by atomic mass is 16.6. The molecule has 4 amide bonds. The van der Waals surface area contributed by atoms with Gasteiger partial charge in [0, 0.05) is 12.1 Å². The van der Waals surface area contributed by atoms with Gasteiger partial charge in [-0.3, -0.25) is 14.4 Å². The number of hydrogen-bond donors (Lipinski definition) is 3. The molecule has 0 heterocycles. The van der Waals surface area contributed by atoms with Crippen LogP contribution in [0.25, 0.3) is 0 Å². The van der Waals surface area contributed by atoms with Gasteiger partial charge in [-0.25, -0.2) is 4.79 Å². The summed E-state index contributed by atoms with van der Waals surface area (Å²) in [4.78, 5) is 52.6. The van der Waals surface area contributed by atoms with Crippen molar-refractivity contribution in [2.75, 3.05) is 0 Å². The molecule has 34 heavy (non-hydrogen) atoms. The summed E-state index contributed by atoms with van der Waals surface area (Å²) >= 11 is 0. The monoisotopic (exact) mass is 476 g/mol. The summed E-state index contributed by atoms with van der Waals surface area (Å²) in [6.07, 6.45) is -1.29. The van der Waals surface area contributed by atoms with Crippen molar-refractivity contribution in [1.82, 2.24) is 15.5 Å². The molecule has 4 N–H and O–H groups in total. The highest BCUT2D eigenvalue weighted by molar-refractivity contribution is 5.94. The van der Waals surface area contributed by atoms with Crippen LogP contribution in [0.15, 0.2) is 18.2 Å². The Morgan fingerprint density at radius 1 is 1.00 bits per heavy atom. The van der Waals surface area contributed by atoms with Crippen LogP contribution in [0.1, 0.15) is 77.6 Å². The van der Waals surface area contributed by atoms with Gasteiger partial charge in [0.2, 0.25) is 17.7 Å². The minimum Gasteiger partial charge on any atom is -0.444 e. The van der Waals surface area contributed by atoms with Gasteiger partial charge < -0.3 is 26.0 Å². The molecule has 0 spiro atoms. The Balaban J connectivity index is 3.51. The molecule has 0 aliphatic heterocycles. The maximum atomic E-state index is 13.7. The number of nitrogens with two attached hydrogens (primary N) is 1. The van der Waals surface area contributed by atoms with Crippen molar-refractivity contribution < 1.29 is 23.9 Å². The van der Waals surface area contributed by atoms with E-state index in [2.05, 4.69) is 10.6 Å². The summed E-state index contributed by atoms with van der Waals surface area (Å²) in [6, 6.07) is 2.69. The van der Waals surface area contributed by atoms with Gasteiger partial charge in [-0.1, -0.05) is 18.2 Å². The smallest absolute Gasteiger partial charge is 0.408 e. The predicted octanol–water partition coefficient (Wildman–Crippen LogP) is 2.87. The maximum absolute atomic E-state index is 13.7. The van der Waals surface area contributed by atoms with E-state index in [-0.39, 0.29) is 11.9 Å². The molecule has 0 saturated heterocycles. The molecule has 190 valence electrons. The number of alkyl carbamates (subject to hydrolysis) is 1. The van der Waals surface area contributed by atoms with Crippen molar-refractivity contribution in [3.8, 4) is 0 Å². The van der Waals surface area contributed by atoms with Gasteiger partial charge in [0.05, 0.1) is 6.42 Å². The van der Waals surface area contributed by atoms with Gasteiger partial charge in [-0.05, 0) is 79.0 Å². The van der Waals surface area contributed by atoms with Crippen LogP contribution in [-0.2, 0) is 19.1 Å². The number of amides is 4. The number of nitrogens with zero attached hydrogens (tertiary/aromatic N) is 1. The van der Waals surface area contributed by atoms with E-state index < -0.39 is 48.1 Å². The second-order valence-corrected chi connectivity index (χ2v) is 10.1. The van der Waals surface area contributed by atoms with Crippen LogP contribution in [0, 0.1) is 13.8 Å². The standard InChI is InChI=1S/C25H40N4O5/c1-14(2)27-22(31)21(18-11-10-16(5)17(6)12-18)29(15(3)4)23(32)19(13-20(26)30)28-24(33)34-25(7,8)9/h10-12,14-15,19,21H,13H2,1-9H3,(H2,26,30)(H,27,31)(H,28,33). The van der Waals surface area contributed by atoms with Crippen LogP contribution in [0.4, 0.5) is 4.79 Å². The summed E-state index contributed by atoms with van der Waals surface area (Å²) in [7, 11) is 0. The van der Waals surface area contributed by atoms with Crippen LogP contribution < -0.4 is 16.4 Å². The quantitative estimate of drug-likeness (QED) is 0.504. The molecule has 0 fully saturated rings. The fourth-order valence-electron chi connectivity index (χ4n) is 3.45. The third-order valence-corrected chi connectivity index (χ3v) is 5.01. The number of primary amides is 1. The molecule has 9 nitrogen and oxygen atoms in total. The third kappa shape index (κ3) is 8.68. The highest BCUT2D eigenvalue weighted by Crippen LogP contribution is 2.27. The molecule has 0 aliphatic rings. The Bertz CT molecular complexity index is 905. The SMILES string of the molecule is Cc1ccc(C(C(=O)NC(C)C)N(C(=O)C(CC(N)=O)NC(=O)OC(C)(C)C)C(C)C)cc1C. The largest absolute Gasteiger partial charge is 0.444 e. The molecule has 2 unspecified atom stereocenters. The molecule has 0 radical (unpaired) electrons. The number of benzene rings is 1.